The molecule has 1 aliphatic carbocycles. The van der Waals surface area contributed by atoms with Crippen LogP contribution in [0.1, 0.15) is 64.4 Å². The molecule has 4 nitrogen and oxygen atoms in total. The highest BCUT2D eigenvalue weighted by molar-refractivity contribution is 6.30. The van der Waals surface area contributed by atoms with Crippen molar-refractivity contribution in [1.82, 2.24) is 10.2 Å². The number of hydrogen-bond donors (Lipinski definition) is 1. The zero-order valence-electron chi connectivity index (χ0n) is 16.4. The zero-order valence-corrected chi connectivity index (χ0v) is 17.2. The molecule has 6 heteroatoms. The lowest BCUT2D eigenvalue weighted by Gasteiger charge is -2.31. The van der Waals surface area contributed by atoms with Crippen molar-refractivity contribution in [3.8, 4) is 0 Å². The summed E-state index contributed by atoms with van der Waals surface area (Å²) >= 11 is 5.92. The number of carbonyl (C=O) groups is 1. The Hall–Kier alpha value is -1.33. The molecular weight excluding hydrogens is 367 g/mol. The Labute approximate surface area is 166 Å². The Morgan fingerprint density at radius 2 is 1.89 bits per heavy atom. The van der Waals surface area contributed by atoms with E-state index in [0.717, 1.165) is 44.2 Å². The van der Waals surface area contributed by atoms with E-state index in [4.69, 9.17) is 16.3 Å². The topological polar surface area (TPSA) is 41.6 Å². The van der Waals surface area contributed by atoms with Crippen LogP contribution < -0.4 is 5.32 Å². The number of amides is 1. The fourth-order valence-electron chi connectivity index (χ4n) is 4.08. The normalized spacial score (nSPS) is 26.3. The van der Waals surface area contributed by atoms with Crippen LogP contribution in [0.2, 0.25) is 5.02 Å². The second-order valence-corrected chi connectivity index (χ2v) is 9.21. The van der Waals surface area contributed by atoms with Gasteiger partial charge in [0.15, 0.2) is 0 Å². The van der Waals surface area contributed by atoms with Crippen LogP contribution >= 0.6 is 11.6 Å². The molecule has 0 unspecified atom stereocenters. The maximum atomic E-state index is 13.4. The second kappa shape index (κ2) is 8.36. The van der Waals surface area contributed by atoms with Gasteiger partial charge in [-0.1, -0.05) is 17.7 Å². The SMILES string of the molecule is CC(C)(C)OC(=O)N1CC[C@H](NC2CCC(c3ccc(F)c(Cl)c3)CC2)C1. The van der Waals surface area contributed by atoms with Crippen molar-refractivity contribution < 1.29 is 13.9 Å². The fourth-order valence-corrected chi connectivity index (χ4v) is 4.27. The minimum Gasteiger partial charge on any atom is -0.444 e. The fraction of sp³-hybridized carbons (Fsp3) is 0.667. The highest BCUT2D eigenvalue weighted by Crippen LogP contribution is 2.34. The van der Waals surface area contributed by atoms with Gasteiger partial charge in [-0.25, -0.2) is 9.18 Å². The van der Waals surface area contributed by atoms with Crippen LogP contribution in [-0.4, -0.2) is 41.8 Å². The molecule has 1 aliphatic heterocycles. The summed E-state index contributed by atoms with van der Waals surface area (Å²) in [7, 11) is 0. The number of carbonyl (C=O) groups excluding carboxylic acids is 1. The van der Waals surface area contributed by atoms with E-state index in [1.165, 1.54) is 6.07 Å². The maximum Gasteiger partial charge on any atom is 0.410 e. The number of benzene rings is 1. The van der Waals surface area contributed by atoms with E-state index in [1.807, 2.05) is 26.8 Å². The van der Waals surface area contributed by atoms with Gasteiger partial charge in [-0.3, -0.25) is 0 Å². The third-order valence-electron chi connectivity index (χ3n) is 5.45. The Bertz CT molecular complexity index is 669. The van der Waals surface area contributed by atoms with Crippen LogP contribution in [0.25, 0.3) is 0 Å². The molecule has 2 fully saturated rings. The molecule has 1 saturated carbocycles. The van der Waals surface area contributed by atoms with Crippen LogP contribution in [-0.2, 0) is 4.74 Å². The molecule has 1 aromatic carbocycles. The van der Waals surface area contributed by atoms with E-state index in [9.17, 15) is 9.18 Å². The molecule has 1 atom stereocenters. The summed E-state index contributed by atoms with van der Waals surface area (Å²) in [6.07, 6.45) is 5.06. The summed E-state index contributed by atoms with van der Waals surface area (Å²) in [5.74, 6) is 0.0922. The third-order valence-corrected chi connectivity index (χ3v) is 5.74. The van der Waals surface area contributed by atoms with Crippen molar-refractivity contribution in [2.24, 2.45) is 0 Å². The average Bonchev–Trinajstić information content (AvgIpc) is 3.05. The quantitative estimate of drug-likeness (QED) is 0.772. The van der Waals surface area contributed by atoms with Gasteiger partial charge in [0, 0.05) is 25.2 Å². The van der Waals surface area contributed by atoms with Gasteiger partial charge in [-0.15, -0.1) is 0 Å². The van der Waals surface area contributed by atoms with Crippen LogP contribution in [0.5, 0.6) is 0 Å². The number of rotatable bonds is 3. The van der Waals surface area contributed by atoms with E-state index in [-0.39, 0.29) is 16.9 Å². The van der Waals surface area contributed by atoms with Gasteiger partial charge in [0.2, 0.25) is 0 Å². The predicted molar refractivity (Wildman–Crippen MR) is 106 cm³/mol. The molecule has 1 aromatic rings. The van der Waals surface area contributed by atoms with E-state index in [2.05, 4.69) is 5.32 Å². The molecular formula is C21H30ClFN2O2. The predicted octanol–water partition coefficient (Wildman–Crippen LogP) is 5.10. The first-order valence-electron chi connectivity index (χ1n) is 9.90. The van der Waals surface area contributed by atoms with Gasteiger partial charge < -0.3 is 15.0 Å². The minimum atomic E-state index is -0.454. The van der Waals surface area contributed by atoms with Gasteiger partial charge in [-0.2, -0.15) is 0 Å². The molecule has 1 N–H and O–H groups in total. The summed E-state index contributed by atoms with van der Waals surface area (Å²) in [5, 5.41) is 3.93. The summed E-state index contributed by atoms with van der Waals surface area (Å²) in [4.78, 5) is 14.0. The Morgan fingerprint density at radius 3 is 2.52 bits per heavy atom. The van der Waals surface area contributed by atoms with Crippen LogP contribution in [0, 0.1) is 5.82 Å². The molecule has 0 bridgehead atoms. The van der Waals surface area contributed by atoms with Crippen LogP contribution in [0.4, 0.5) is 9.18 Å². The molecule has 0 spiro atoms. The molecule has 1 saturated heterocycles. The number of nitrogens with one attached hydrogen (secondary N) is 1. The highest BCUT2D eigenvalue weighted by Gasteiger charge is 2.32. The number of halogens is 2. The first-order valence-corrected chi connectivity index (χ1v) is 10.3. The Balaban J connectivity index is 1.44. The number of likely N-dealkylation sites (tertiary alicyclic amines) is 1. The van der Waals surface area contributed by atoms with E-state index in [0.29, 0.717) is 24.5 Å². The molecule has 27 heavy (non-hydrogen) atoms. The first kappa shape index (κ1) is 20.4. The molecule has 2 aliphatic rings. The summed E-state index contributed by atoms with van der Waals surface area (Å²) in [5.41, 5.74) is 0.682. The van der Waals surface area contributed by atoms with Gasteiger partial charge in [0.1, 0.15) is 11.4 Å². The molecule has 1 heterocycles. The number of hydrogen-bond acceptors (Lipinski definition) is 3. The third kappa shape index (κ3) is 5.58. The number of nitrogens with zero attached hydrogens (tertiary/aromatic N) is 1. The summed E-state index contributed by atoms with van der Waals surface area (Å²) in [6.45, 7) is 7.13. The average molecular weight is 397 g/mol. The van der Waals surface area contributed by atoms with Crippen LogP contribution in [0.15, 0.2) is 18.2 Å². The molecule has 1 amide bonds. The lowest BCUT2D eigenvalue weighted by atomic mass is 9.81. The highest BCUT2D eigenvalue weighted by atomic mass is 35.5. The van der Waals surface area contributed by atoms with Gasteiger partial charge >= 0.3 is 6.09 Å². The monoisotopic (exact) mass is 396 g/mol. The largest absolute Gasteiger partial charge is 0.444 e. The van der Waals surface area contributed by atoms with E-state index >= 15 is 0 Å². The van der Waals surface area contributed by atoms with Crippen molar-refractivity contribution >= 4 is 17.7 Å². The van der Waals surface area contributed by atoms with Crippen LogP contribution in [0.3, 0.4) is 0 Å². The minimum absolute atomic E-state index is 0.209. The zero-order chi connectivity index (χ0) is 19.6. The lowest BCUT2D eigenvalue weighted by Crippen LogP contribution is -2.43. The molecule has 150 valence electrons. The van der Waals surface area contributed by atoms with Crippen molar-refractivity contribution in [1.29, 1.82) is 0 Å². The summed E-state index contributed by atoms with van der Waals surface area (Å²) < 4.78 is 18.8. The van der Waals surface area contributed by atoms with Gasteiger partial charge in [-0.05, 0) is 76.5 Å². The number of ether oxygens (including phenoxy) is 1. The van der Waals surface area contributed by atoms with E-state index < -0.39 is 5.60 Å². The Morgan fingerprint density at radius 1 is 1.19 bits per heavy atom. The standard InChI is InChI=1S/C21H30ClFN2O2/c1-21(2,3)27-20(26)25-11-10-17(13-25)24-16-7-4-14(5-8-16)15-6-9-19(23)18(22)12-15/h6,9,12,14,16-17,24H,4-5,7-8,10-11,13H2,1-3H3/t14?,16?,17-/m0/s1. The first-order chi connectivity index (χ1) is 12.7. The molecule has 0 aromatic heterocycles. The lowest BCUT2D eigenvalue weighted by molar-refractivity contribution is 0.0290. The molecule has 0 radical (unpaired) electrons. The Kier molecular flexibility index (Phi) is 6.32. The van der Waals surface area contributed by atoms with Gasteiger partial charge in [0.25, 0.3) is 0 Å². The molecule has 3 rings (SSSR count). The van der Waals surface area contributed by atoms with Crippen molar-refractivity contribution in [3.63, 3.8) is 0 Å². The van der Waals surface area contributed by atoms with Crippen molar-refractivity contribution in [3.05, 3.63) is 34.6 Å². The second-order valence-electron chi connectivity index (χ2n) is 8.80. The maximum absolute atomic E-state index is 13.4. The summed E-state index contributed by atoms with van der Waals surface area (Å²) in [6, 6.07) is 5.90. The smallest absolute Gasteiger partial charge is 0.410 e. The van der Waals surface area contributed by atoms with Gasteiger partial charge in [0.05, 0.1) is 5.02 Å². The van der Waals surface area contributed by atoms with Crippen molar-refractivity contribution in [2.75, 3.05) is 13.1 Å². The van der Waals surface area contributed by atoms with Crippen molar-refractivity contribution in [2.45, 2.75) is 76.5 Å². The van der Waals surface area contributed by atoms with E-state index in [1.54, 1.807) is 11.0 Å².